The smallest absolute Gasteiger partial charge is 0.0695 e. The molecule has 2 radical (unpaired) electrons. The van der Waals surface area contributed by atoms with Gasteiger partial charge in [-0.25, -0.2) is 0 Å². The van der Waals surface area contributed by atoms with Gasteiger partial charge in [0.1, 0.15) is 0 Å². The minimum absolute atomic E-state index is 0.359. The van der Waals surface area contributed by atoms with Crippen molar-refractivity contribution in [1.29, 1.82) is 0 Å². The van der Waals surface area contributed by atoms with Gasteiger partial charge >= 0.3 is 0 Å². The molecule has 2 atom stereocenters. The molecule has 0 saturated carbocycles. The largest absolute Gasteiger partial charge is 0.377 e. The van der Waals surface area contributed by atoms with E-state index in [4.69, 9.17) is 12.6 Å². The third-order valence-corrected chi connectivity index (χ3v) is 4.18. The molecule has 84 valence electrons. The maximum absolute atomic E-state index is 5.77. The van der Waals surface area contributed by atoms with Gasteiger partial charge in [-0.1, -0.05) is 25.6 Å². The Morgan fingerprint density at radius 1 is 1.53 bits per heavy atom. The molecule has 0 N–H and O–H groups in total. The van der Waals surface area contributed by atoms with E-state index in [1.807, 2.05) is 0 Å². The molecule has 0 amide bonds. The zero-order valence-electron chi connectivity index (χ0n) is 10.0. The van der Waals surface area contributed by atoms with E-state index in [9.17, 15) is 0 Å². The lowest BCUT2D eigenvalue weighted by Gasteiger charge is -2.45. The van der Waals surface area contributed by atoms with E-state index < -0.39 is 0 Å². The monoisotopic (exact) mass is 207 g/mol. The predicted octanol–water partition coefficient (Wildman–Crippen LogP) is 2.00. The van der Waals surface area contributed by atoms with Crippen LogP contribution in [0.4, 0.5) is 0 Å². The van der Waals surface area contributed by atoms with Crippen LogP contribution in [0.5, 0.6) is 0 Å². The zero-order chi connectivity index (χ0) is 10.9. The van der Waals surface area contributed by atoms with Crippen LogP contribution in [0.25, 0.3) is 0 Å². The van der Waals surface area contributed by atoms with E-state index >= 15 is 0 Å². The average molecular weight is 207 g/mol. The summed E-state index contributed by atoms with van der Waals surface area (Å²) >= 11 is 0. The topological polar surface area (TPSA) is 12.5 Å². The van der Waals surface area contributed by atoms with E-state index in [1.165, 1.54) is 25.7 Å². The van der Waals surface area contributed by atoms with Crippen LogP contribution in [0.15, 0.2) is 0 Å². The first kappa shape index (κ1) is 11.5. The Hall–Kier alpha value is -0.0151. The first-order valence-electron chi connectivity index (χ1n) is 6.20. The van der Waals surface area contributed by atoms with E-state index in [1.54, 1.807) is 0 Å². The van der Waals surface area contributed by atoms with E-state index in [2.05, 4.69) is 18.9 Å². The van der Waals surface area contributed by atoms with Gasteiger partial charge in [0.2, 0.25) is 0 Å². The summed E-state index contributed by atoms with van der Waals surface area (Å²) in [7, 11) is 8.04. The Balaban J connectivity index is 1.75. The number of nitrogens with zero attached hydrogens (tertiary/aromatic N) is 1. The van der Waals surface area contributed by atoms with Crippen LogP contribution in [-0.2, 0) is 4.74 Å². The van der Waals surface area contributed by atoms with Crippen molar-refractivity contribution in [2.75, 3.05) is 20.3 Å². The summed E-state index contributed by atoms with van der Waals surface area (Å²) in [5, 5.41) is 0. The summed E-state index contributed by atoms with van der Waals surface area (Å²) < 4.78 is 5.36. The lowest BCUT2D eigenvalue weighted by molar-refractivity contribution is -0.122. The van der Waals surface area contributed by atoms with Crippen LogP contribution >= 0.6 is 0 Å². The molecule has 2 unspecified atom stereocenters. The fourth-order valence-electron chi connectivity index (χ4n) is 2.89. The maximum Gasteiger partial charge on any atom is 0.0695 e. The highest BCUT2D eigenvalue weighted by atomic mass is 16.5. The summed E-state index contributed by atoms with van der Waals surface area (Å²) in [5.41, 5.74) is 0.416. The predicted molar refractivity (Wildman–Crippen MR) is 63.4 cm³/mol. The second-order valence-corrected chi connectivity index (χ2v) is 5.43. The van der Waals surface area contributed by atoms with Crippen molar-refractivity contribution in [1.82, 2.24) is 4.90 Å². The molecule has 2 saturated heterocycles. The van der Waals surface area contributed by atoms with Gasteiger partial charge in [0.15, 0.2) is 0 Å². The molecule has 0 aromatic carbocycles. The average Bonchev–Trinajstić information content (AvgIpc) is 2.43. The van der Waals surface area contributed by atoms with Crippen molar-refractivity contribution in [2.24, 2.45) is 0 Å². The standard InChI is InChI=1S/C12H22BNO/c1-10(13)4-3-5-11-6-7-12(14(11)2)8-15-9-12/h10-11H,3-9H2,1-2H3. The molecule has 2 aliphatic rings. The second-order valence-electron chi connectivity index (χ2n) is 5.43. The Bertz CT molecular complexity index is 216. The summed E-state index contributed by atoms with van der Waals surface area (Å²) in [6.07, 6.45) is 6.41. The fourth-order valence-corrected chi connectivity index (χ4v) is 2.89. The number of hydrogen-bond donors (Lipinski definition) is 0. The molecule has 2 fully saturated rings. The Morgan fingerprint density at radius 2 is 2.27 bits per heavy atom. The maximum atomic E-state index is 5.77. The summed E-state index contributed by atoms with van der Waals surface area (Å²) in [4.78, 5) is 2.57. The fraction of sp³-hybridized carbons (Fsp3) is 1.00. The second kappa shape index (κ2) is 4.46. The highest BCUT2D eigenvalue weighted by molar-refractivity contribution is 6.11. The highest BCUT2D eigenvalue weighted by Gasteiger charge is 2.48. The summed E-state index contributed by atoms with van der Waals surface area (Å²) in [6.45, 7) is 4.00. The van der Waals surface area contributed by atoms with Crippen molar-refractivity contribution in [3.8, 4) is 0 Å². The van der Waals surface area contributed by atoms with Gasteiger partial charge in [-0.15, -0.1) is 0 Å². The normalized spacial score (nSPS) is 31.7. The third-order valence-electron chi connectivity index (χ3n) is 4.18. The van der Waals surface area contributed by atoms with Gasteiger partial charge in [-0.05, 0) is 26.3 Å². The van der Waals surface area contributed by atoms with Crippen molar-refractivity contribution in [2.45, 2.75) is 56.4 Å². The van der Waals surface area contributed by atoms with E-state index in [-0.39, 0.29) is 0 Å². The van der Waals surface area contributed by atoms with Crippen molar-refractivity contribution >= 4 is 7.85 Å². The Morgan fingerprint density at radius 3 is 2.73 bits per heavy atom. The number of ether oxygens (including phenoxy) is 1. The third kappa shape index (κ3) is 2.23. The van der Waals surface area contributed by atoms with Crippen LogP contribution < -0.4 is 0 Å². The summed E-state index contributed by atoms with van der Waals surface area (Å²) in [6, 6.07) is 0.771. The first-order valence-corrected chi connectivity index (χ1v) is 6.20. The molecule has 2 heterocycles. The van der Waals surface area contributed by atoms with E-state index in [0.717, 1.165) is 25.7 Å². The molecular formula is C12H22BNO. The van der Waals surface area contributed by atoms with Crippen molar-refractivity contribution < 1.29 is 4.74 Å². The van der Waals surface area contributed by atoms with Crippen LogP contribution in [0.3, 0.4) is 0 Å². The minimum atomic E-state index is 0.359. The van der Waals surface area contributed by atoms with Gasteiger partial charge < -0.3 is 4.74 Å². The lowest BCUT2D eigenvalue weighted by atomic mass is 9.84. The molecule has 15 heavy (non-hydrogen) atoms. The van der Waals surface area contributed by atoms with Crippen LogP contribution in [0.1, 0.15) is 39.0 Å². The molecule has 2 aliphatic heterocycles. The zero-order valence-corrected chi connectivity index (χ0v) is 10.0. The number of likely N-dealkylation sites (tertiary alicyclic amines) is 1. The van der Waals surface area contributed by atoms with Gasteiger partial charge in [-0.3, -0.25) is 4.90 Å². The number of rotatable bonds is 4. The number of likely N-dealkylation sites (N-methyl/N-ethyl adjacent to an activating group) is 1. The molecule has 0 aromatic rings. The van der Waals surface area contributed by atoms with Crippen LogP contribution in [0.2, 0.25) is 5.82 Å². The van der Waals surface area contributed by atoms with Gasteiger partial charge in [0.25, 0.3) is 0 Å². The SMILES string of the molecule is [B]C(C)CCCC1CCC2(COC2)N1C. The van der Waals surface area contributed by atoms with Gasteiger partial charge in [0, 0.05) is 6.04 Å². The van der Waals surface area contributed by atoms with Gasteiger partial charge in [-0.2, -0.15) is 0 Å². The van der Waals surface area contributed by atoms with Gasteiger partial charge in [0.05, 0.1) is 26.6 Å². The van der Waals surface area contributed by atoms with E-state index in [0.29, 0.717) is 11.4 Å². The highest BCUT2D eigenvalue weighted by Crippen LogP contribution is 2.39. The quantitative estimate of drug-likeness (QED) is 0.653. The molecule has 1 spiro atoms. The molecule has 2 rings (SSSR count). The van der Waals surface area contributed by atoms with Crippen molar-refractivity contribution in [3.63, 3.8) is 0 Å². The molecule has 0 aliphatic carbocycles. The Kier molecular flexibility index (Phi) is 3.41. The molecule has 0 bridgehead atoms. The lowest BCUT2D eigenvalue weighted by Crippen LogP contribution is -2.58. The van der Waals surface area contributed by atoms with Crippen LogP contribution in [0, 0.1) is 0 Å². The molecule has 2 nitrogen and oxygen atoms in total. The molecular weight excluding hydrogens is 185 g/mol. The first-order chi connectivity index (χ1) is 7.14. The molecule has 0 aromatic heterocycles. The Labute approximate surface area is 94.8 Å². The summed E-state index contributed by atoms with van der Waals surface area (Å²) in [5.74, 6) is 0.359. The number of hydrogen-bond acceptors (Lipinski definition) is 2. The van der Waals surface area contributed by atoms with Crippen molar-refractivity contribution in [3.05, 3.63) is 0 Å². The molecule has 3 heteroatoms. The minimum Gasteiger partial charge on any atom is -0.377 e. The van der Waals surface area contributed by atoms with Crippen LogP contribution in [-0.4, -0.2) is 44.6 Å².